The third kappa shape index (κ3) is 2.34. The summed E-state index contributed by atoms with van der Waals surface area (Å²) in [6, 6.07) is 9.41. The van der Waals surface area contributed by atoms with Crippen LogP contribution in [0.4, 0.5) is 0 Å². The van der Waals surface area contributed by atoms with Crippen molar-refractivity contribution in [3.05, 3.63) is 47.2 Å². The molecule has 0 fully saturated rings. The van der Waals surface area contributed by atoms with Crippen LogP contribution in [0, 0.1) is 5.92 Å². The molecular weight excluding hydrogens is 234 g/mol. The lowest BCUT2D eigenvalue weighted by molar-refractivity contribution is -0.135. The van der Waals surface area contributed by atoms with Gasteiger partial charge in [0.2, 0.25) is 0 Å². The highest BCUT2D eigenvalue weighted by Gasteiger charge is 2.32. The Bertz CT molecular complexity index is 507. The molecule has 0 aromatic heterocycles. The van der Waals surface area contributed by atoms with Crippen molar-refractivity contribution in [2.75, 3.05) is 6.54 Å². The highest BCUT2D eigenvalue weighted by Crippen LogP contribution is 2.21. The Morgan fingerprint density at radius 2 is 2.00 bits per heavy atom. The predicted octanol–water partition coefficient (Wildman–Crippen LogP) is 0.872. The zero-order valence-corrected chi connectivity index (χ0v) is 9.59. The molecular formula is C13H13NO4. The van der Waals surface area contributed by atoms with Crippen LogP contribution in [-0.4, -0.2) is 28.6 Å². The van der Waals surface area contributed by atoms with Crippen LogP contribution in [0.15, 0.2) is 41.7 Å². The minimum atomic E-state index is -1.40. The third-order valence-electron chi connectivity index (χ3n) is 2.92. The SMILES string of the molecule is O=C(O)C1=C(O)C(Cc2ccccc2)CNC1=O. The Labute approximate surface area is 104 Å². The number of hydrogen-bond donors (Lipinski definition) is 3. The number of carbonyl (C=O) groups excluding carboxylic acids is 1. The van der Waals surface area contributed by atoms with Gasteiger partial charge in [0.25, 0.3) is 5.91 Å². The molecule has 1 aliphatic rings. The minimum absolute atomic E-state index is 0.246. The zero-order valence-electron chi connectivity index (χ0n) is 9.59. The predicted molar refractivity (Wildman–Crippen MR) is 63.9 cm³/mol. The lowest BCUT2D eigenvalue weighted by atomic mass is 9.92. The van der Waals surface area contributed by atoms with E-state index in [1.165, 1.54) is 0 Å². The van der Waals surface area contributed by atoms with E-state index >= 15 is 0 Å². The van der Waals surface area contributed by atoms with E-state index in [2.05, 4.69) is 5.32 Å². The highest BCUT2D eigenvalue weighted by atomic mass is 16.4. The average Bonchev–Trinajstić information content (AvgIpc) is 2.34. The number of carbonyl (C=O) groups is 2. The summed E-state index contributed by atoms with van der Waals surface area (Å²) in [5, 5.41) is 21.2. The summed E-state index contributed by atoms with van der Waals surface area (Å²) in [6.45, 7) is 0.246. The van der Waals surface area contributed by atoms with Gasteiger partial charge in [0.05, 0.1) is 0 Å². The number of carboxylic acid groups (broad SMARTS) is 1. The summed E-state index contributed by atoms with van der Waals surface area (Å²) < 4.78 is 0. The van der Waals surface area contributed by atoms with Crippen LogP contribution in [0.1, 0.15) is 5.56 Å². The van der Waals surface area contributed by atoms with Crippen molar-refractivity contribution in [3.8, 4) is 0 Å². The first-order valence-corrected chi connectivity index (χ1v) is 5.58. The number of nitrogens with one attached hydrogen (secondary N) is 1. The number of rotatable bonds is 3. The Morgan fingerprint density at radius 3 is 2.61 bits per heavy atom. The second-order valence-corrected chi connectivity index (χ2v) is 4.16. The number of aliphatic hydroxyl groups is 1. The molecule has 1 heterocycles. The molecule has 1 aromatic carbocycles. The van der Waals surface area contributed by atoms with Gasteiger partial charge in [-0.2, -0.15) is 0 Å². The van der Waals surface area contributed by atoms with Crippen LogP contribution >= 0.6 is 0 Å². The van der Waals surface area contributed by atoms with Crippen LogP contribution in [0.25, 0.3) is 0 Å². The van der Waals surface area contributed by atoms with Crippen LogP contribution in [0.5, 0.6) is 0 Å². The highest BCUT2D eigenvalue weighted by molar-refractivity contribution is 6.16. The summed E-state index contributed by atoms with van der Waals surface area (Å²) in [4.78, 5) is 22.2. The topological polar surface area (TPSA) is 86.6 Å². The molecule has 94 valence electrons. The zero-order chi connectivity index (χ0) is 13.1. The van der Waals surface area contributed by atoms with Gasteiger partial charge in [0.15, 0.2) is 5.57 Å². The number of aliphatic carboxylic acids is 1. The van der Waals surface area contributed by atoms with Gasteiger partial charge in [-0.25, -0.2) is 4.79 Å². The quantitative estimate of drug-likeness (QED) is 0.692. The first-order chi connectivity index (χ1) is 8.59. The summed E-state index contributed by atoms with van der Waals surface area (Å²) in [6.07, 6.45) is 0.490. The number of amides is 1. The normalized spacial score (nSPS) is 19.6. The molecule has 0 saturated heterocycles. The van der Waals surface area contributed by atoms with Crippen molar-refractivity contribution < 1.29 is 19.8 Å². The van der Waals surface area contributed by atoms with Gasteiger partial charge in [-0.05, 0) is 12.0 Å². The van der Waals surface area contributed by atoms with E-state index < -0.39 is 23.4 Å². The van der Waals surface area contributed by atoms with Crippen LogP contribution in [0.3, 0.4) is 0 Å². The molecule has 1 atom stereocenters. The van der Waals surface area contributed by atoms with E-state index in [1.807, 2.05) is 30.3 Å². The molecule has 0 saturated carbocycles. The van der Waals surface area contributed by atoms with Crippen molar-refractivity contribution in [1.29, 1.82) is 0 Å². The van der Waals surface area contributed by atoms with Crippen LogP contribution in [0.2, 0.25) is 0 Å². The molecule has 5 nitrogen and oxygen atoms in total. The standard InChI is InChI=1S/C13H13NO4/c15-11-9(6-8-4-2-1-3-5-8)7-14-12(16)10(11)13(17)18/h1-5,9,15H,6-7H2,(H,14,16)(H,17,18). The number of aliphatic hydroxyl groups excluding tert-OH is 1. The van der Waals surface area contributed by atoms with Crippen LogP contribution in [-0.2, 0) is 16.0 Å². The fourth-order valence-corrected chi connectivity index (χ4v) is 2.00. The fourth-order valence-electron chi connectivity index (χ4n) is 2.00. The molecule has 3 N–H and O–H groups in total. The summed E-state index contributed by atoms with van der Waals surface area (Å²) in [5.74, 6) is -2.86. The molecule has 0 radical (unpaired) electrons. The average molecular weight is 247 g/mol. The Hall–Kier alpha value is -2.30. The van der Waals surface area contributed by atoms with Crippen molar-refractivity contribution in [1.82, 2.24) is 5.32 Å². The molecule has 1 amide bonds. The third-order valence-corrected chi connectivity index (χ3v) is 2.92. The second kappa shape index (κ2) is 4.91. The summed E-state index contributed by atoms with van der Waals surface area (Å²) >= 11 is 0. The van der Waals surface area contributed by atoms with Gasteiger partial charge in [0.1, 0.15) is 5.76 Å². The summed E-state index contributed by atoms with van der Waals surface area (Å²) in [5.41, 5.74) is 0.428. The Balaban J connectivity index is 2.25. The van der Waals surface area contributed by atoms with E-state index in [0.29, 0.717) is 6.42 Å². The minimum Gasteiger partial charge on any atom is -0.511 e. The maximum atomic E-state index is 11.3. The number of carboxylic acids is 1. The largest absolute Gasteiger partial charge is 0.511 e. The number of benzene rings is 1. The van der Waals surface area contributed by atoms with E-state index in [1.54, 1.807) is 0 Å². The Morgan fingerprint density at radius 1 is 1.33 bits per heavy atom. The van der Waals surface area contributed by atoms with E-state index in [9.17, 15) is 14.7 Å². The van der Waals surface area contributed by atoms with Gasteiger partial charge in [-0.15, -0.1) is 0 Å². The lowest BCUT2D eigenvalue weighted by Gasteiger charge is -2.23. The second-order valence-electron chi connectivity index (χ2n) is 4.16. The molecule has 1 aliphatic heterocycles. The maximum Gasteiger partial charge on any atom is 0.344 e. The molecule has 2 rings (SSSR count). The maximum absolute atomic E-state index is 11.3. The van der Waals surface area contributed by atoms with Crippen molar-refractivity contribution in [3.63, 3.8) is 0 Å². The Kier molecular flexibility index (Phi) is 3.32. The first-order valence-electron chi connectivity index (χ1n) is 5.58. The van der Waals surface area contributed by atoms with E-state index in [-0.39, 0.29) is 12.3 Å². The van der Waals surface area contributed by atoms with Gasteiger partial charge in [0, 0.05) is 12.5 Å². The van der Waals surface area contributed by atoms with Gasteiger partial charge >= 0.3 is 5.97 Å². The molecule has 5 heteroatoms. The summed E-state index contributed by atoms with van der Waals surface area (Å²) in [7, 11) is 0. The molecule has 18 heavy (non-hydrogen) atoms. The smallest absolute Gasteiger partial charge is 0.344 e. The molecule has 1 aromatic rings. The molecule has 0 spiro atoms. The van der Waals surface area contributed by atoms with Crippen LogP contribution < -0.4 is 5.32 Å². The molecule has 1 unspecified atom stereocenters. The fraction of sp³-hybridized carbons (Fsp3) is 0.231. The number of hydrogen-bond acceptors (Lipinski definition) is 3. The van der Waals surface area contributed by atoms with Gasteiger partial charge in [-0.1, -0.05) is 30.3 Å². The van der Waals surface area contributed by atoms with Crippen molar-refractivity contribution >= 4 is 11.9 Å². The van der Waals surface area contributed by atoms with Gasteiger partial charge < -0.3 is 15.5 Å². The monoisotopic (exact) mass is 247 g/mol. The van der Waals surface area contributed by atoms with Crippen molar-refractivity contribution in [2.45, 2.75) is 6.42 Å². The van der Waals surface area contributed by atoms with E-state index in [0.717, 1.165) is 5.56 Å². The first kappa shape index (κ1) is 12.2. The lowest BCUT2D eigenvalue weighted by Crippen LogP contribution is -2.40. The van der Waals surface area contributed by atoms with Crippen molar-refractivity contribution in [2.24, 2.45) is 5.92 Å². The molecule has 0 aliphatic carbocycles. The molecule has 0 bridgehead atoms. The van der Waals surface area contributed by atoms with E-state index in [4.69, 9.17) is 5.11 Å². The van der Waals surface area contributed by atoms with Gasteiger partial charge in [-0.3, -0.25) is 4.79 Å².